The average Bonchev–Trinajstić information content (AvgIpc) is 3.01. The Labute approximate surface area is 135 Å². The quantitative estimate of drug-likeness (QED) is 0.742. The molecule has 0 radical (unpaired) electrons. The third kappa shape index (κ3) is 2.94. The first-order chi connectivity index (χ1) is 11.3. The predicted molar refractivity (Wildman–Crippen MR) is 87.0 cm³/mol. The lowest BCUT2D eigenvalue weighted by Crippen LogP contribution is -2.34. The zero-order valence-electron chi connectivity index (χ0n) is 13.3. The lowest BCUT2D eigenvalue weighted by Gasteiger charge is -2.31. The molecule has 0 N–H and O–H groups in total. The molecule has 0 saturated carbocycles. The van der Waals surface area contributed by atoms with E-state index in [0.29, 0.717) is 5.92 Å². The lowest BCUT2D eigenvalue weighted by molar-refractivity contribution is 0.194. The number of rotatable bonds is 3. The Balaban J connectivity index is 1.51. The van der Waals surface area contributed by atoms with Crippen LogP contribution in [0.15, 0.2) is 36.8 Å². The third-order valence-electron chi connectivity index (χ3n) is 4.43. The van der Waals surface area contributed by atoms with Crippen LogP contribution in [0.1, 0.15) is 36.0 Å². The van der Waals surface area contributed by atoms with E-state index >= 15 is 0 Å². The van der Waals surface area contributed by atoms with E-state index < -0.39 is 0 Å². The fraction of sp³-hybridized carbons (Fsp3) is 0.412. The van der Waals surface area contributed by atoms with Gasteiger partial charge in [-0.15, -0.1) is 10.2 Å². The maximum absolute atomic E-state index is 4.47. The summed E-state index contributed by atoms with van der Waals surface area (Å²) in [5.74, 6) is 1.49. The number of hydrogen-bond donors (Lipinski definition) is 0. The summed E-state index contributed by atoms with van der Waals surface area (Å²) in [5.41, 5.74) is 2.91. The molecular formula is C17H20N6. The zero-order chi connectivity index (χ0) is 15.6. The number of piperidine rings is 1. The fourth-order valence-electron chi connectivity index (χ4n) is 3.28. The molecule has 0 bridgehead atoms. The fourth-order valence-corrected chi connectivity index (χ4v) is 3.28. The van der Waals surface area contributed by atoms with Gasteiger partial charge in [0.2, 0.25) is 0 Å². The summed E-state index contributed by atoms with van der Waals surface area (Å²) in [7, 11) is 0. The molecule has 3 aromatic rings. The monoisotopic (exact) mass is 308 g/mol. The third-order valence-corrected chi connectivity index (χ3v) is 4.43. The largest absolute Gasteiger partial charge is 0.297 e. The number of aryl methyl sites for hydroxylation is 1. The lowest BCUT2D eigenvalue weighted by atomic mass is 9.97. The minimum absolute atomic E-state index is 0.416. The summed E-state index contributed by atoms with van der Waals surface area (Å²) in [6, 6.07) is 6.03. The highest BCUT2D eigenvalue weighted by molar-refractivity contribution is 5.37. The van der Waals surface area contributed by atoms with Crippen molar-refractivity contribution in [3.63, 3.8) is 0 Å². The van der Waals surface area contributed by atoms with Gasteiger partial charge in [0.15, 0.2) is 5.65 Å². The van der Waals surface area contributed by atoms with Crippen molar-refractivity contribution in [3.05, 3.63) is 54.0 Å². The van der Waals surface area contributed by atoms with Crippen LogP contribution in [0.2, 0.25) is 0 Å². The summed E-state index contributed by atoms with van der Waals surface area (Å²) in [4.78, 5) is 11.3. The standard InChI is InChI=1S/C17H20N6/c1-13-9-19-15(10-18-13)12-22-7-4-5-14(11-22)17-21-20-16-6-2-3-8-23(16)17/h2-3,6,8-10,14H,4-5,7,11-12H2,1H3/t14-/m1/s1. The second-order valence-corrected chi connectivity index (χ2v) is 6.21. The Bertz CT molecular complexity index is 794. The van der Waals surface area contributed by atoms with Crippen molar-refractivity contribution in [1.29, 1.82) is 0 Å². The van der Waals surface area contributed by atoms with Crippen LogP contribution in [-0.4, -0.2) is 42.6 Å². The first-order valence-electron chi connectivity index (χ1n) is 8.09. The van der Waals surface area contributed by atoms with Crippen LogP contribution < -0.4 is 0 Å². The normalized spacial score (nSPS) is 19.3. The highest BCUT2D eigenvalue weighted by Gasteiger charge is 2.25. The Kier molecular flexibility index (Phi) is 3.75. The first-order valence-corrected chi connectivity index (χ1v) is 8.09. The van der Waals surface area contributed by atoms with Crippen LogP contribution in [0, 0.1) is 6.92 Å². The van der Waals surface area contributed by atoms with Gasteiger partial charge in [-0.1, -0.05) is 6.07 Å². The molecule has 0 aliphatic carbocycles. The van der Waals surface area contributed by atoms with E-state index in [-0.39, 0.29) is 0 Å². The van der Waals surface area contributed by atoms with E-state index in [0.717, 1.165) is 48.9 Å². The van der Waals surface area contributed by atoms with Gasteiger partial charge in [0.1, 0.15) is 5.82 Å². The van der Waals surface area contributed by atoms with Crippen LogP contribution in [0.25, 0.3) is 5.65 Å². The summed E-state index contributed by atoms with van der Waals surface area (Å²) >= 11 is 0. The highest BCUT2D eigenvalue weighted by atomic mass is 15.3. The van der Waals surface area contributed by atoms with Crippen molar-refractivity contribution >= 4 is 5.65 Å². The highest BCUT2D eigenvalue weighted by Crippen LogP contribution is 2.26. The molecule has 0 unspecified atom stereocenters. The molecule has 6 heteroatoms. The molecular weight excluding hydrogens is 288 g/mol. The number of nitrogens with zero attached hydrogens (tertiary/aromatic N) is 6. The number of likely N-dealkylation sites (tertiary alicyclic amines) is 1. The van der Waals surface area contributed by atoms with Crippen molar-refractivity contribution in [3.8, 4) is 0 Å². The van der Waals surface area contributed by atoms with Crippen LogP contribution in [0.3, 0.4) is 0 Å². The van der Waals surface area contributed by atoms with Crippen molar-refractivity contribution in [2.75, 3.05) is 13.1 Å². The van der Waals surface area contributed by atoms with Gasteiger partial charge in [-0.05, 0) is 38.4 Å². The minimum Gasteiger partial charge on any atom is -0.297 e. The second-order valence-electron chi connectivity index (χ2n) is 6.21. The Morgan fingerprint density at radius 1 is 1.17 bits per heavy atom. The van der Waals surface area contributed by atoms with Gasteiger partial charge in [0.05, 0.1) is 11.4 Å². The van der Waals surface area contributed by atoms with E-state index in [1.165, 1.54) is 6.42 Å². The Morgan fingerprint density at radius 3 is 3.00 bits per heavy atom. The van der Waals surface area contributed by atoms with E-state index in [2.05, 4.69) is 35.7 Å². The van der Waals surface area contributed by atoms with Gasteiger partial charge in [0.25, 0.3) is 0 Å². The van der Waals surface area contributed by atoms with Gasteiger partial charge < -0.3 is 0 Å². The van der Waals surface area contributed by atoms with Crippen molar-refractivity contribution in [2.24, 2.45) is 0 Å². The van der Waals surface area contributed by atoms with Crippen molar-refractivity contribution in [2.45, 2.75) is 32.2 Å². The Morgan fingerprint density at radius 2 is 2.13 bits per heavy atom. The molecule has 4 rings (SSSR count). The van der Waals surface area contributed by atoms with Crippen LogP contribution >= 0.6 is 0 Å². The number of fused-ring (bicyclic) bond motifs is 1. The molecule has 1 atom stereocenters. The van der Waals surface area contributed by atoms with Crippen molar-refractivity contribution < 1.29 is 0 Å². The maximum atomic E-state index is 4.47. The molecule has 0 aromatic carbocycles. The van der Waals surface area contributed by atoms with Crippen LogP contribution in [-0.2, 0) is 6.54 Å². The van der Waals surface area contributed by atoms with Gasteiger partial charge in [-0.2, -0.15) is 0 Å². The number of aromatic nitrogens is 5. The number of pyridine rings is 1. The first kappa shape index (κ1) is 14.3. The predicted octanol–water partition coefficient (Wildman–Crippen LogP) is 2.21. The topological polar surface area (TPSA) is 59.2 Å². The van der Waals surface area contributed by atoms with E-state index in [1.807, 2.05) is 37.5 Å². The summed E-state index contributed by atoms with van der Waals surface area (Å²) in [5, 5.41) is 8.72. The summed E-state index contributed by atoms with van der Waals surface area (Å²) < 4.78 is 2.11. The van der Waals surface area contributed by atoms with Gasteiger partial charge >= 0.3 is 0 Å². The maximum Gasteiger partial charge on any atom is 0.160 e. The van der Waals surface area contributed by atoms with E-state index in [9.17, 15) is 0 Å². The van der Waals surface area contributed by atoms with E-state index in [4.69, 9.17) is 0 Å². The smallest absolute Gasteiger partial charge is 0.160 e. The Hall–Kier alpha value is -2.34. The van der Waals surface area contributed by atoms with Gasteiger partial charge in [-0.3, -0.25) is 19.3 Å². The molecule has 23 heavy (non-hydrogen) atoms. The molecule has 6 nitrogen and oxygen atoms in total. The zero-order valence-corrected chi connectivity index (χ0v) is 13.3. The number of hydrogen-bond acceptors (Lipinski definition) is 5. The minimum atomic E-state index is 0.416. The molecule has 1 saturated heterocycles. The molecule has 1 aliphatic heterocycles. The van der Waals surface area contributed by atoms with Gasteiger partial charge in [-0.25, -0.2) is 0 Å². The molecule has 1 aliphatic rings. The van der Waals surface area contributed by atoms with Crippen LogP contribution in [0.5, 0.6) is 0 Å². The second kappa shape index (κ2) is 6.04. The molecule has 0 amide bonds. The SMILES string of the molecule is Cc1cnc(CN2CCC[C@@H](c3nnc4ccccn34)C2)cn1. The van der Waals surface area contributed by atoms with Crippen LogP contribution in [0.4, 0.5) is 0 Å². The summed E-state index contributed by atoms with van der Waals surface area (Å²) in [6.45, 7) is 4.90. The average molecular weight is 308 g/mol. The molecule has 3 aromatic heterocycles. The summed E-state index contributed by atoms with van der Waals surface area (Å²) in [6.07, 6.45) is 8.10. The molecule has 4 heterocycles. The molecule has 118 valence electrons. The van der Waals surface area contributed by atoms with Crippen molar-refractivity contribution in [1.82, 2.24) is 29.5 Å². The van der Waals surface area contributed by atoms with Gasteiger partial charge in [0, 0.05) is 37.6 Å². The van der Waals surface area contributed by atoms with E-state index in [1.54, 1.807) is 0 Å². The molecule has 0 spiro atoms. The molecule has 1 fully saturated rings.